The lowest BCUT2D eigenvalue weighted by Crippen LogP contribution is -2.37. The van der Waals surface area contributed by atoms with Gasteiger partial charge in [0.25, 0.3) is 5.91 Å². The fourth-order valence-corrected chi connectivity index (χ4v) is 2.55. The largest absolute Gasteiger partial charge is 0.479 e. The summed E-state index contributed by atoms with van der Waals surface area (Å²) in [4.78, 5) is 23.9. The molecule has 2 amide bonds. The monoisotopic (exact) mass is 339 g/mol. The summed E-state index contributed by atoms with van der Waals surface area (Å²) < 4.78 is 5.52. The normalized spacial score (nSPS) is 16.9. The van der Waals surface area contributed by atoms with Crippen molar-refractivity contribution in [2.24, 2.45) is 0 Å². The average Bonchev–Trinajstić information content (AvgIpc) is 2.61. The molecule has 0 bridgehead atoms. The van der Waals surface area contributed by atoms with Crippen molar-refractivity contribution in [1.29, 1.82) is 0 Å². The Morgan fingerprint density at radius 3 is 2.76 bits per heavy atom. The summed E-state index contributed by atoms with van der Waals surface area (Å²) in [5, 5.41) is 8.83. The van der Waals surface area contributed by atoms with Gasteiger partial charge in [0.05, 0.1) is 5.69 Å². The molecule has 0 saturated carbocycles. The third kappa shape index (κ3) is 4.09. The van der Waals surface area contributed by atoms with Gasteiger partial charge in [0, 0.05) is 12.2 Å². The Balaban J connectivity index is 1.59. The molecule has 0 unspecified atom stereocenters. The second kappa shape index (κ2) is 7.25. The highest BCUT2D eigenvalue weighted by Crippen LogP contribution is 2.32. The average molecular weight is 339 g/mol. The highest BCUT2D eigenvalue weighted by molar-refractivity contribution is 5.98. The maximum absolute atomic E-state index is 12.2. The van der Waals surface area contributed by atoms with Crippen LogP contribution in [0.15, 0.2) is 48.5 Å². The van der Waals surface area contributed by atoms with Gasteiger partial charge in [-0.1, -0.05) is 30.3 Å². The van der Waals surface area contributed by atoms with Crippen LogP contribution < -0.4 is 20.7 Å². The maximum Gasteiger partial charge on any atom is 0.265 e. The molecule has 1 aliphatic rings. The molecule has 2 aromatic rings. The molecule has 0 radical (unpaired) electrons. The van der Waals surface area contributed by atoms with Crippen molar-refractivity contribution in [1.82, 2.24) is 5.32 Å². The van der Waals surface area contributed by atoms with Gasteiger partial charge in [0.15, 0.2) is 6.10 Å². The van der Waals surface area contributed by atoms with Gasteiger partial charge in [-0.2, -0.15) is 0 Å². The summed E-state index contributed by atoms with van der Waals surface area (Å²) >= 11 is 0. The Hall–Kier alpha value is -3.02. The first kappa shape index (κ1) is 16.8. The number of hydrogen-bond acceptors (Lipinski definition) is 4. The first-order valence-electron chi connectivity index (χ1n) is 8.22. The number of carbonyl (C=O) groups is 2. The van der Waals surface area contributed by atoms with E-state index in [1.54, 1.807) is 26.0 Å². The summed E-state index contributed by atoms with van der Waals surface area (Å²) in [6.45, 7) is 3.97. The minimum absolute atomic E-state index is 0.101. The van der Waals surface area contributed by atoms with E-state index in [1.165, 1.54) is 0 Å². The highest BCUT2D eigenvalue weighted by atomic mass is 16.5. The van der Waals surface area contributed by atoms with Crippen LogP contribution in [0.25, 0.3) is 0 Å². The quantitative estimate of drug-likeness (QED) is 0.782. The van der Waals surface area contributed by atoms with Gasteiger partial charge in [0.2, 0.25) is 5.91 Å². The van der Waals surface area contributed by atoms with Crippen LogP contribution in [0, 0.1) is 0 Å². The number of carbonyl (C=O) groups excluding carboxylic acids is 2. The van der Waals surface area contributed by atoms with Crippen molar-refractivity contribution in [2.75, 3.05) is 10.6 Å². The van der Waals surface area contributed by atoms with Crippen molar-refractivity contribution >= 4 is 23.2 Å². The lowest BCUT2D eigenvalue weighted by atomic mass is 10.2. The lowest BCUT2D eigenvalue weighted by Gasteiger charge is -2.24. The van der Waals surface area contributed by atoms with Crippen LogP contribution in [0.2, 0.25) is 0 Å². The molecule has 130 valence electrons. The summed E-state index contributed by atoms with van der Waals surface area (Å²) in [5.74, 6) is 0.340. The first-order chi connectivity index (χ1) is 12.0. The maximum atomic E-state index is 12.2. The Kier molecular flexibility index (Phi) is 4.88. The number of benzene rings is 2. The molecule has 0 aromatic heterocycles. The molecule has 0 fully saturated rings. The third-order valence-electron chi connectivity index (χ3n) is 4.00. The van der Waals surface area contributed by atoms with Gasteiger partial charge in [0.1, 0.15) is 11.8 Å². The smallest absolute Gasteiger partial charge is 0.265 e. The molecule has 0 aliphatic carbocycles. The van der Waals surface area contributed by atoms with Crippen molar-refractivity contribution < 1.29 is 14.3 Å². The number of rotatable bonds is 5. The number of anilines is 2. The van der Waals surface area contributed by atoms with E-state index in [0.29, 0.717) is 18.0 Å². The number of hydrogen-bond donors (Lipinski definition) is 3. The van der Waals surface area contributed by atoms with Gasteiger partial charge < -0.3 is 20.7 Å². The van der Waals surface area contributed by atoms with E-state index in [-0.39, 0.29) is 11.8 Å². The van der Waals surface area contributed by atoms with Crippen LogP contribution in [0.4, 0.5) is 11.4 Å². The Bertz CT molecular complexity index is 777. The van der Waals surface area contributed by atoms with Crippen LogP contribution in [-0.4, -0.2) is 24.0 Å². The molecular weight excluding hydrogens is 318 g/mol. The zero-order chi connectivity index (χ0) is 17.8. The minimum atomic E-state index is -0.506. The number of nitrogens with one attached hydrogen (secondary N) is 3. The summed E-state index contributed by atoms with van der Waals surface area (Å²) in [6, 6.07) is 14.7. The fourth-order valence-electron chi connectivity index (χ4n) is 2.55. The Morgan fingerprint density at radius 2 is 2.00 bits per heavy atom. The van der Waals surface area contributed by atoms with E-state index in [2.05, 4.69) is 16.0 Å². The zero-order valence-corrected chi connectivity index (χ0v) is 14.2. The third-order valence-corrected chi connectivity index (χ3v) is 4.00. The van der Waals surface area contributed by atoms with Gasteiger partial charge in [-0.05, 0) is 37.6 Å². The van der Waals surface area contributed by atoms with Crippen molar-refractivity contribution in [3.8, 4) is 5.75 Å². The van der Waals surface area contributed by atoms with E-state index in [0.717, 1.165) is 11.3 Å². The van der Waals surface area contributed by atoms with E-state index in [4.69, 9.17) is 4.74 Å². The van der Waals surface area contributed by atoms with Crippen molar-refractivity contribution in [3.05, 3.63) is 54.1 Å². The van der Waals surface area contributed by atoms with Gasteiger partial charge in [-0.25, -0.2) is 0 Å². The summed E-state index contributed by atoms with van der Waals surface area (Å²) in [7, 11) is 0. The molecular formula is C19H21N3O3. The molecule has 3 rings (SSSR count). The highest BCUT2D eigenvalue weighted by Gasteiger charge is 2.23. The van der Waals surface area contributed by atoms with Crippen LogP contribution in [0.1, 0.15) is 19.4 Å². The summed E-state index contributed by atoms with van der Waals surface area (Å²) in [6.07, 6.45) is -0.506. The molecule has 0 spiro atoms. The predicted octanol–water partition coefficient (Wildman–Crippen LogP) is 2.52. The van der Waals surface area contributed by atoms with Gasteiger partial charge >= 0.3 is 0 Å². The van der Waals surface area contributed by atoms with Crippen molar-refractivity contribution in [3.63, 3.8) is 0 Å². The molecule has 1 heterocycles. The Morgan fingerprint density at radius 1 is 1.24 bits per heavy atom. The van der Waals surface area contributed by atoms with E-state index in [1.807, 2.05) is 36.4 Å². The van der Waals surface area contributed by atoms with E-state index < -0.39 is 12.1 Å². The Labute approximate surface area is 146 Å². The second-order valence-electron chi connectivity index (χ2n) is 6.03. The molecule has 2 atom stereocenters. The minimum Gasteiger partial charge on any atom is -0.479 e. The standard InChI is InChI=1S/C19H21N3O3/c1-12(18(23)20-11-14-6-4-3-5-7-14)21-15-8-9-17-16(10-15)22-19(24)13(2)25-17/h3-10,12-13,21H,11H2,1-2H3,(H,20,23)(H,22,24)/t12-,13+/m0/s1. The van der Waals surface area contributed by atoms with Crippen LogP contribution in [0.5, 0.6) is 5.75 Å². The first-order valence-corrected chi connectivity index (χ1v) is 8.22. The topological polar surface area (TPSA) is 79.5 Å². The molecule has 25 heavy (non-hydrogen) atoms. The number of ether oxygens (including phenoxy) is 1. The molecule has 2 aromatic carbocycles. The predicted molar refractivity (Wildman–Crippen MR) is 96.5 cm³/mol. The fraction of sp³-hybridized carbons (Fsp3) is 0.263. The molecule has 6 nitrogen and oxygen atoms in total. The zero-order valence-electron chi connectivity index (χ0n) is 14.2. The van der Waals surface area contributed by atoms with Crippen LogP contribution >= 0.6 is 0 Å². The lowest BCUT2D eigenvalue weighted by molar-refractivity contribution is -0.123. The van der Waals surface area contributed by atoms with Gasteiger partial charge in [-0.3, -0.25) is 9.59 Å². The molecule has 3 N–H and O–H groups in total. The van der Waals surface area contributed by atoms with E-state index >= 15 is 0 Å². The number of amides is 2. The molecule has 0 saturated heterocycles. The van der Waals surface area contributed by atoms with Crippen molar-refractivity contribution in [2.45, 2.75) is 32.5 Å². The van der Waals surface area contributed by atoms with E-state index in [9.17, 15) is 9.59 Å². The van der Waals surface area contributed by atoms with Gasteiger partial charge in [-0.15, -0.1) is 0 Å². The second-order valence-corrected chi connectivity index (χ2v) is 6.03. The molecule has 1 aliphatic heterocycles. The SMILES string of the molecule is C[C@H](Nc1ccc2c(c1)NC(=O)[C@@H](C)O2)C(=O)NCc1ccccc1. The molecule has 6 heteroatoms. The number of fused-ring (bicyclic) bond motifs is 1. The van der Waals surface area contributed by atoms with Crippen LogP contribution in [-0.2, 0) is 16.1 Å². The summed E-state index contributed by atoms with van der Waals surface area (Å²) in [5.41, 5.74) is 2.38. The van der Waals surface area contributed by atoms with Crippen LogP contribution in [0.3, 0.4) is 0 Å².